The molecule has 0 saturated carbocycles. The molecule has 1 aliphatic rings. The van der Waals surface area contributed by atoms with Crippen molar-refractivity contribution in [1.29, 1.82) is 0 Å². The van der Waals surface area contributed by atoms with E-state index in [1.807, 2.05) is 0 Å². The standard InChI is InChI=1S/C20H20F3NO3/c1-13(14-3-5-15(6-4-14)20(21,22)23)11-19(25)24-16-7-8-17-18(12-16)27-10-2-9-26-17/h3-8,12-13H,2,9-11H2,1H3,(H,24,25). The molecular formula is C20H20F3NO3. The van der Waals surface area contributed by atoms with Crippen molar-refractivity contribution in [3.8, 4) is 11.5 Å². The number of hydrogen-bond donors (Lipinski definition) is 1. The Morgan fingerprint density at radius 3 is 2.41 bits per heavy atom. The molecule has 2 aromatic carbocycles. The van der Waals surface area contributed by atoms with Gasteiger partial charge in [0.15, 0.2) is 11.5 Å². The summed E-state index contributed by atoms with van der Waals surface area (Å²) in [5.41, 5.74) is 0.566. The molecule has 0 fully saturated rings. The second kappa shape index (κ2) is 7.90. The van der Waals surface area contributed by atoms with E-state index < -0.39 is 11.7 Å². The molecule has 0 bridgehead atoms. The van der Waals surface area contributed by atoms with Gasteiger partial charge in [-0.15, -0.1) is 0 Å². The molecule has 0 saturated heterocycles. The summed E-state index contributed by atoms with van der Waals surface area (Å²) in [5, 5.41) is 2.79. The zero-order chi connectivity index (χ0) is 19.4. The first kappa shape index (κ1) is 19.1. The Morgan fingerprint density at radius 1 is 1.07 bits per heavy atom. The number of ether oxygens (including phenoxy) is 2. The Balaban J connectivity index is 1.61. The average Bonchev–Trinajstić information content (AvgIpc) is 2.86. The Labute approximate surface area is 155 Å². The summed E-state index contributed by atoms with van der Waals surface area (Å²) in [4.78, 5) is 12.3. The van der Waals surface area contributed by atoms with E-state index in [0.29, 0.717) is 36.0 Å². The number of halogens is 3. The Bertz CT molecular complexity index is 803. The highest BCUT2D eigenvalue weighted by molar-refractivity contribution is 5.91. The zero-order valence-corrected chi connectivity index (χ0v) is 14.8. The van der Waals surface area contributed by atoms with E-state index in [4.69, 9.17) is 9.47 Å². The van der Waals surface area contributed by atoms with Crippen molar-refractivity contribution in [2.24, 2.45) is 0 Å². The molecule has 4 nitrogen and oxygen atoms in total. The molecule has 0 aromatic heterocycles. The van der Waals surface area contributed by atoms with Crippen LogP contribution in [0.1, 0.15) is 36.8 Å². The van der Waals surface area contributed by atoms with Crippen molar-refractivity contribution >= 4 is 11.6 Å². The quantitative estimate of drug-likeness (QED) is 0.813. The minimum atomic E-state index is -4.36. The van der Waals surface area contributed by atoms with E-state index in [1.54, 1.807) is 25.1 Å². The minimum absolute atomic E-state index is 0.153. The maximum absolute atomic E-state index is 12.6. The van der Waals surface area contributed by atoms with Gasteiger partial charge in [-0.1, -0.05) is 19.1 Å². The van der Waals surface area contributed by atoms with Crippen molar-refractivity contribution in [3.05, 3.63) is 53.6 Å². The summed E-state index contributed by atoms with van der Waals surface area (Å²) < 4.78 is 49.0. The van der Waals surface area contributed by atoms with E-state index in [-0.39, 0.29) is 18.2 Å². The fourth-order valence-corrected chi connectivity index (χ4v) is 2.85. The molecule has 1 aliphatic heterocycles. The molecule has 1 N–H and O–H groups in total. The predicted molar refractivity (Wildman–Crippen MR) is 95.2 cm³/mol. The summed E-state index contributed by atoms with van der Waals surface area (Å²) in [6.45, 7) is 2.94. The summed E-state index contributed by atoms with van der Waals surface area (Å²) in [6.07, 6.45) is -3.42. The Morgan fingerprint density at radius 2 is 1.74 bits per heavy atom. The molecule has 0 spiro atoms. The summed E-state index contributed by atoms with van der Waals surface area (Å²) in [7, 11) is 0. The first-order valence-electron chi connectivity index (χ1n) is 8.69. The van der Waals surface area contributed by atoms with E-state index in [0.717, 1.165) is 18.6 Å². The molecule has 7 heteroatoms. The van der Waals surface area contributed by atoms with Gasteiger partial charge in [-0.3, -0.25) is 4.79 Å². The van der Waals surface area contributed by atoms with Crippen molar-refractivity contribution in [2.75, 3.05) is 18.5 Å². The maximum atomic E-state index is 12.6. The van der Waals surface area contributed by atoms with E-state index >= 15 is 0 Å². The Hall–Kier alpha value is -2.70. The number of fused-ring (bicyclic) bond motifs is 1. The molecule has 27 heavy (non-hydrogen) atoms. The van der Waals surface area contributed by atoms with E-state index in [2.05, 4.69) is 5.32 Å². The monoisotopic (exact) mass is 379 g/mol. The summed E-state index contributed by atoms with van der Waals surface area (Å²) >= 11 is 0. The van der Waals surface area contributed by atoms with Crippen LogP contribution in [0.2, 0.25) is 0 Å². The number of rotatable bonds is 4. The first-order valence-corrected chi connectivity index (χ1v) is 8.69. The molecule has 0 radical (unpaired) electrons. The Kier molecular flexibility index (Phi) is 5.58. The number of nitrogens with one attached hydrogen (secondary N) is 1. The fourth-order valence-electron chi connectivity index (χ4n) is 2.85. The van der Waals surface area contributed by atoms with Crippen molar-refractivity contribution in [1.82, 2.24) is 0 Å². The van der Waals surface area contributed by atoms with Gasteiger partial charge in [0.1, 0.15) is 0 Å². The fraction of sp³-hybridized carbons (Fsp3) is 0.350. The molecule has 1 amide bonds. The number of carbonyl (C=O) groups excluding carboxylic acids is 1. The van der Waals surface area contributed by atoms with Crippen LogP contribution in [0.25, 0.3) is 0 Å². The van der Waals surface area contributed by atoms with Gasteiger partial charge >= 0.3 is 6.18 Å². The van der Waals surface area contributed by atoms with Gasteiger partial charge in [-0.2, -0.15) is 13.2 Å². The van der Waals surface area contributed by atoms with Crippen LogP contribution in [0.4, 0.5) is 18.9 Å². The lowest BCUT2D eigenvalue weighted by Crippen LogP contribution is -2.14. The van der Waals surface area contributed by atoms with Gasteiger partial charge < -0.3 is 14.8 Å². The maximum Gasteiger partial charge on any atom is 0.416 e. The predicted octanol–water partition coefficient (Wildman–Crippen LogP) is 5.00. The van der Waals surface area contributed by atoms with E-state index in [1.165, 1.54) is 12.1 Å². The number of amides is 1. The van der Waals surface area contributed by atoms with Gasteiger partial charge in [0.25, 0.3) is 0 Å². The third-order valence-electron chi connectivity index (χ3n) is 4.33. The largest absolute Gasteiger partial charge is 0.490 e. The lowest BCUT2D eigenvalue weighted by Gasteiger charge is -2.14. The molecular weight excluding hydrogens is 359 g/mol. The van der Waals surface area contributed by atoms with Crippen LogP contribution in [-0.2, 0) is 11.0 Å². The molecule has 0 aliphatic carbocycles. The molecule has 1 unspecified atom stereocenters. The second-order valence-corrected chi connectivity index (χ2v) is 6.49. The van der Waals surface area contributed by atoms with Crippen LogP contribution in [0.3, 0.4) is 0 Å². The highest BCUT2D eigenvalue weighted by Gasteiger charge is 2.30. The minimum Gasteiger partial charge on any atom is -0.490 e. The normalized spacial score (nSPS) is 15.0. The number of alkyl halides is 3. The zero-order valence-electron chi connectivity index (χ0n) is 14.8. The van der Waals surface area contributed by atoms with Gasteiger partial charge in [0.2, 0.25) is 5.91 Å². The van der Waals surface area contributed by atoms with Crippen molar-refractivity contribution in [3.63, 3.8) is 0 Å². The van der Waals surface area contributed by atoms with Crippen LogP contribution < -0.4 is 14.8 Å². The lowest BCUT2D eigenvalue weighted by molar-refractivity contribution is -0.137. The number of anilines is 1. The topological polar surface area (TPSA) is 47.6 Å². The molecule has 1 heterocycles. The van der Waals surface area contributed by atoms with Gasteiger partial charge in [0, 0.05) is 24.6 Å². The van der Waals surface area contributed by atoms with Gasteiger partial charge in [0.05, 0.1) is 18.8 Å². The van der Waals surface area contributed by atoms with Crippen LogP contribution in [-0.4, -0.2) is 19.1 Å². The first-order chi connectivity index (χ1) is 12.8. The van der Waals surface area contributed by atoms with Gasteiger partial charge in [-0.05, 0) is 35.7 Å². The molecule has 2 aromatic rings. The highest BCUT2D eigenvalue weighted by atomic mass is 19.4. The highest BCUT2D eigenvalue weighted by Crippen LogP contribution is 2.33. The summed E-state index contributed by atoms with van der Waals surface area (Å²) in [6, 6.07) is 10.1. The van der Waals surface area contributed by atoms with Gasteiger partial charge in [-0.25, -0.2) is 0 Å². The SMILES string of the molecule is CC(CC(=O)Nc1ccc2c(c1)OCCCO2)c1ccc(C(F)(F)F)cc1. The number of benzene rings is 2. The smallest absolute Gasteiger partial charge is 0.416 e. The average molecular weight is 379 g/mol. The number of carbonyl (C=O) groups is 1. The van der Waals surface area contributed by atoms with Crippen LogP contribution >= 0.6 is 0 Å². The van der Waals surface area contributed by atoms with Crippen LogP contribution in [0.5, 0.6) is 11.5 Å². The third-order valence-corrected chi connectivity index (χ3v) is 4.33. The van der Waals surface area contributed by atoms with Crippen molar-refractivity contribution in [2.45, 2.75) is 31.9 Å². The molecule has 144 valence electrons. The third kappa shape index (κ3) is 4.93. The van der Waals surface area contributed by atoms with Crippen LogP contribution in [0, 0.1) is 0 Å². The molecule has 3 rings (SSSR count). The van der Waals surface area contributed by atoms with Crippen molar-refractivity contribution < 1.29 is 27.4 Å². The van der Waals surface area contributed by atoms with E-state index in [9.17, 15) is 18.0 Å². The second-order valence-electron chi connectivity index (χ2n) is 6.49. The van der Waals surface area contributed by atoms with Crippen LogP contribution in [0.15, 0.2) is 42.5 Å². The lowest BCUT2D eigenvalue weighted by atomic mass is 9.96. The molecule has 1 atom stereocenters. The summed E-state index contributed by atoms with van der Waals surface area (Å²) in [5.74, 6) is 0.786. The number of hydrogen-bond acceptors (Lipinski definition) is 3.